The van der Waals surface area contributed by atoms with E-state index in [1.807, 2.05) is 6.08 Å². The fourth-order valence-electron chi connectivity index (χ4n) is 2.74. The zero-order valence-electron chi connectivity index (χ0n) is 15.0. The Morgan fingerprint density at radius 3 is 2.14 bits per heavy atom. The topological polar surface area (TPSA) is 44.8 Å². The highest BCUT2D eigenvalue weighted by Gasteiger charge is 2.22. The zero-order chi connectivity index (χ0) is 16.8. The largest absolute Gasteiger partial charge is 0.469 e. The highest BCUT2D eigenvalue weighted by molar-refractivity contribution is 5.69. The molecule has 2 atom stereocenters. The van der Waals surface area contributed by atoms with Crippen LogP contribution in [0.15, 0.2) is 12.2 Å². The first-order valence-electron chi connectivity index (χ1n) is 8.43. The van der Waals surface area contributed by atoms with Crippen molar-refractivity contribution in [3.05, 3.63) is 12.2 Å². The lowest BCUT2D eigenvalue weighted by molar-refractivity contribution is -0.142. The Morgan fingerprint density at radius 2 is 1.64 bits per heavy atom. The van der Waals surface area contributed by atoms with Crippen LogP contribution in [-0.4, -0.2) is 33.6 Å². The number of hydrogen-bond acceptors (Lipinski definition) is 4. The summed E-state index contributed by atoms with van der Waals surface area (Å²) < 4.78 is 15.3. The van der Waals surface area contributed by atoms with E-state index in [9.17, 15) is 4.79 Å². The Hall–Kier alpha value is -0.870. The number of esters is 1. The van der Waals surface area contributed by atoms with Gasteiger partial charge in [-0.1, -0.05) is 45.6 Å². The van der Waals surface area contributed by atoms with Crippen molar-refractivity contribution in [2.75, 3.05) is 21.3 Å². The van der Waals surface area contributed by atoms with Crippen molar-refractivity contribution in [2.45, 2.75) is 65.1 Å². The maximum absolute atomic E-state index is 11.7. The molecule has 0 saturated heterocycles. The molecule has 0 aliphatic carbocycles. The zero-order valence-corrected chi connectivity index (χ0v) is 15.0. The molecule has 0 fully saturated rings. The van der Waals surface area contributed by atoms with E-state index in [0.717, 1.165) is 19.3 Å². The van der Waals surface area contributed by atoms with Gasteiger partial charge in [-0.2, -0.15) is 0 Å². The Kier molecular flexibility index (Phi) is 13.2. The molecular weight excluding hydrogens is 280 g/mol. The van der Waals surface area contributed by atoms with Crippen LogP contribution in [0.3, 0.4) is 0 Å². The predicted molar refractivity (Wildman–Crippen MR) is 89.6 cm³/mol. The van der Waals surface area contributed by atoms with Gasteiger partial charge in [-0.25, -0.2) is 0 Å². The second-order valence-electron chi connectivity index (χ2n) is 5.71. The molecule has 0 heterocycles. The fraction of sp³-hybridized carbons (Fsp3) is 0.833. The average molecular weight is 314 g/mol. The van der Waals surface area contributed by atoms with E-state index in [2.05, 4.69) is 19.9 Å². The predicted octanol–water partition coefficient (Wildman–Crippen LogP) is 4.34. The van der Waals surface area contributed by atoms with Crippen molar-refractivity contribution in [3.63, 3.8) is 0 Å². The van der Waals surface area contributed by atoms with Crippen LogP contribution in [0.4, 0.5) is 0 Å². The summed E-state index contributed by atoms with van der Waals surface area (Å²) in [6, 6.07) is 0. The van der Waals surface area contributed by atoms with Gasteiger partial charge in [0.1, 0.15) is 0 Å². The molecule has 0 aliphatic heterocycles. The van der Waals surface area contributed by atoms with Gasteiger partial charge < -0.3 is 14.2 Å². The Morgan fingerprint density at radius 1 is 0.955 bits per heavy atom. The molecular formula is C18H34O4. The van der Waals surface area contributed by atoms with Crippen LogP contribution in [0.25, 0.3) is 0 Å². The van der Waals surface area contributed by atoms with E-state index in [-0.39, 0.29) is 12.3 Å². The van der Waals surface area contributed by atoms with Crippen molar-refractivity contribution < 1.29 is 19.0 Å². The number of unbranched alkanes of at least 4 members (excludes halogenated alkanes) is 2. The standard InChI is InChI=1S/C18H34O4/c1-6-8-9-11-15(12-13-18(21-4)22-5)16(10-7-2)14-17(19)20-3/h12-13,15-16,18H,6-11,14H2,1-5H3/b13-12+. The van der Waals surface area contributed by atoms with Crippen LogP contribution in [0.5, 0.6) is 0 Å². The molecule has 0 bridgehead atoms. The number of carbonyl (C=O) groups is 1. The molecule has 4 nitrogen and oxygen atoms in total. The van der Waals surface area contributed by atoms with Crippen LogP contribution in [0.1, 0.15) is 58.8 Å². The molecule has 0 rings (SSSR count). The summed E-state index contributed by atoms with van der Waals surface area (Å²) in [5, 5.41) is 0. The Bertz CT molecular complexity index is 297. The maximum atomic E-state index is 11.7. The molecule has 0 aromatic heterocycles. The van der Waals surface area contributed by atoms with Gasteiger partial charge in [0, 0.05) is 20.6 Å². The molecule has 0 amide bonds. The van der Waals surface area contributed by atoms with Gasteiger partial charge in [0.2, 0.25) is 0 Å². The van der Waals surface area contributed by atoms with Gasteiger partial charge in [0.25, 0.3) is 0 Å². The molecule has 0 spiro atoms. The second kappa shape index (κ2) is 13.8. The molecule has 4 heteroatoms. The van der Waals surface area contributed by atoms with Gasteiger partial charge >= 0.3 is 5.97 Å². The summed E-state index contributed by atoms with van der Waals surface area (Å²) in [6.07, 6.45) is 11.1. The lowest BCUT2D eigenvalue weighted by atomic mass is 9.82. The summed E-state index contributed by atoms with van der Waals surface area (Å²) in [4.78, 5) is 11.7. The molecule has 130 valence electrons. The van der Waals surface area contributed by atoms with Crippen LogP contribution >= 0.6 is 0 Å². The first-order valence-corrected chi connectivity index (χ1v) is 8.43. The van der Waals surface area contributed by atoms with E-state index >= 15 is 0 Å². The third-order valence-electron chi connectivity index (χ3n) is 4.04. The Labute approximate surface area is 136 Å². The quantitative estimate of drug-likeness (QED) is 0.219. The number of allylic oxidation sites excluding steroid dienone is 1. The molecule has 0 aliphatic rings. The molecule has 0 aromatic rings. The van der Waals surface area contributed by atoms with E-state index in [1.165, 1.54) is 26.4 Å². The van der Waals surface area contributed by atoms with Crippen molar-refractivity contribution in [2.24, 2.45) is 11.8 Å². The summed E-state index contributed by atoms with van der Waals surface area (Å²) in [7, 11) is 4.71. The number of hydrogen-bond donors (Lipinski definition) is 0. The van der Waals surface area contributed by atoms with Crippen LogP contribution in [-0.2, 0) is 19.0 Å². The van der Waals surface area contributed by atoms with Crippen molar-refractivity contribution >= 4 is 5.97 Å². The number of ether oxygens (including phenoxy) is 3. The molecule has 0 saturated carbocycles. The summed E-state index contributed by atoms with van der Waals surface area (Å²) in [6.45, 7) is 4.36. The number of methoxy groups -OCH3 is 3. The van der Waals surface area contributed by atoms with E-state index in [1.54, 1.807) is 14.2 Å². The van der Waals surface area contributed by atoms with Crippen molar-refractivity contribution in [3.8, 4) is 0 Å². The molecule has 0 aromatic carbocycles. The third kappa shape index (κ3) is 9.21. The first-order chi connectivity index (χ1) is 10.6. The smallest absolute Gasteiger partial charge is 0.305 e. The monoisotopic (exact) mass is 314 g/mol. The maximum Gasteiger partial charge on any atom is 0.305 e. The minimum atomic E-state index is -0.325. The summed E-state index contributed by atoms with van der Waals surface area (Å²) in [5.74, 6) is 0.556. The molecule has 2 unspecified atom stereocenters. The molecule has 0 radical (unpaired) electrons. The van der Waals surface area contributed by atoms with Gasteiger partial charge in [0.05, 0.1) is 7.11 Å². The van der Waals surface area contributed by atoms with Gasteiger partial charge in [-0.3, -0.25) is 4.79 Å². The SMILES string of the molecule is CCCCCC(/C=C/C(OC)OC)C(CCC)CC(=O)OC. The lowest BCUT2D eigenvalue weighted by Crippen LogP contribution is -2.19. The van der Waals surface area contributed by atoms with Crippen LogP contribution in [0, 0.1) is 11.8 Å². The minimum absolute atomic E-state index is 0.123. The van der Waals surface area contributed by atoms with Crippen LogP contribution < -0.4 is 0 Å². The van der Waals surface area contributed by atoms with Gasteiger partial charge in [0.15, 0.2) is 6.29 Å². The second-order valence-corrected chi connectivity index (χ2v) is 5.71. The average Bonchev–Trinajstić information content (AvgIpc) is 2.53. The summed E-state index contributed by atoms with van der Waals surface area (Å²) >= 11 is 0. The van der Waals surface area contributed by atoms with Crippen molar-refractivity contribution in [1.82, 2.24) is 0 Å². The van der Waals surface area contributed by atoms with E-state index in [4.69, 9.17) is 14.2 Å². The lowest BCUT2D eigenvalue weighted by Gasteiger charge is -2.24. The highest BCUT2D eigenvalue weighted by atomic mass is 16.7. The van der Waals surface area contributed by atoms with E-state index in [0.29, 0.717) is 18.3 Å². The normalized spacial score (nSPS) is 14.5. The minimum Gasteiger partial charge on any atom is -0.469 e. The van der Waals surface area contributed by atoms with Crippen LogP contribution in [0.2, 0.25) is 0 Å². The fourth-order valence-corrected chi connectivity index (χ4v) is 2.74. The highest BCUT2D eigenvalue weighted by Crippen LogP contribution is 2.28. The van der Waals surface area contributed by atoms with Crippen molar-refractivity contribution in [1.29, 1.82) is 0 Å². The van der Waals surface area contributed by atoms with Gasteiger partial charge in [-0.15, -0.1) is 0 Å². The summed E-state index contributed by atoms with van der Waals surface area (Å²) in [5.41, 5.74) is 0. The first kappa shape index (κ1) is 21.1. The Balaban J connectivity index is 4.90. The van der Waals surface area contributed by atoms with E-state index < -0.39 is 0 Å². The van der Waals surface area contributed by atoms with Gasteiger partial charge in [-0.05, 0) is 30.8 Å². The number of rotatable bonds is 13. The third-order valence-corrected chi connectivity index (χ3v) is 4.04. The molecule has 0 N–H and O–H groups in total. The molecule has 22 heavy (non-hydrogen) atoms. The number of carbonyl (C=O) groups excluding carboxylic acids is 1.